The fraction of sp³-hybridized carbons (Fsp3) is 0.429. The number of benzene rings is 1. The van der Waals surface area contributed by atoms with Crippen molar-refractivity contribution in [3.05, 3.63) is 48.4 Å². The molecule has 3 aromatic rings. The maximum atomic E-state index is 5.45. The van der Waals surface area contributed by atoms with Gasteiger partial charge in [-0.15, -0.1) is 0 Å². The smallest absolute Gasteiger partial charge is 0.159 e. The lowest BCUT2D eigenvalue weighted by Gasteiger charge is -2.26. The average molecular weight is 350 g/mol. The van der Waals surface area contributed by atoms with Crippen LogP contribution >= 0.6 is 0 Å². The third-order valence-electron chi connectivity index (χ3n) is 5.12. The van der Waals surface area contributed by atoms with E-state index in [9.17, 15) is 0 Å². The van der Waals surface area contributed by atoms with Gasteiger partial charge in [0.1, 0.15) is 0 Å². The highest BCUT2D eigenvalue weighted by Crippen LogP contribution is 2.30. The van der Waals surface area contributed by atoms with Crippen molar-refractivity contribution in [2.45, 2.75) is 26.3 Å². The Bertz CT molecular complexity index is 866. The van der Waals surface area contributed by atoms with Gasteiger partial charge in [0.25, 0.3) is 0 Å². The Hall–Kier alpha value is -2.24. The fourth-order valence-corrected chi connectivity index (χ4v) is 3.63. The van der Waals surface area contributed by atoms with Crippen LogP contribution in [0.3, 0.4) is 0 Å². The zero-order valence-corrected chi connectivity index (χ0v) is 15.6. The fourth-order valence-electron chi connectivity index (χ4n) is 3.63. The second kappa shape index (κ2) is 7.56. The molecule has 0 N–H and O–H groups in total. The Kier molecular flexibility index (Phi) is 5.00. The van der Waals surface area contributed by atoms with Crippen LogP contribution in [0.25, 0.3) is 22.3 Å². The Labute approximate surface area is 154 Å². The third-order valence-corrected chi connectivity index (χ3v) is 5.12. The summed E-state index contributed by atoms with van der Waals surface area (Å²) in [7, 11) is 0. The molecule has 5 nitrogen and oxygen atoms in total. The first kappa shape index (κ1) is 17.2. The zero-order chi connectivity index (χ0) is 17.9. The molecule has 0 radical (unpaired) electrons. The van der Waals surface area contributed by atoms with E-state index in [4.69, 9.17) is 4.74 Å². The molecule has 136 valence electrons. The third kappa shape index (κ3) is 3.50. The molecule has 0 atom stereocenters. The molecular weight excluding hydrogens is 324 g/mol. The molecule has 1 saturated heterocycles. The van der Waals surface area contributed by atoms with E-state index in [1.807, 2.05) is 6.07 Å². The second-order valence-corrected chi connectivity index (χ2v) is 7.19. The van der Waals surface area contributed by atoms with Crippen molar-refractivity contribution in [1.82, 2.24) is 19.4 Å². The number of ether oxygens (including phenoxy) is 1. The van der Waals surface area contributed by atoms with Crippen LogP contribution in [0.5, 0.6) is 0 Å². The molecule has 26 heavy (non-hydrogen) atoms. The van der Waals surface area contributed by atoms with Crippen molar-refractivity contribution in [3.8, 4) is 11.4 Å². The van der Waals surface area contributed by atoms with Crippen molar-refractivity contribution >= 4 is 10.9 Å². The Balaban J connectivity index is 1.66. The Morgan fingerprint density at radius 2 is 1.85 bits per heavy atom. The predicted octanol–water partition coefficient (Wildman–Crippen LogP) is 3.55. The summed E-state index contributed by atoms with van der Waals surface area (Å²) in [4.78, 5) is 11.3. The molecule has 0 bridgehead atoms. The van der Waals surface area contributed by atoms with Gasteiger partial charge in [0, 0.05) is 61.2 Å². The molecule has 1 aliphatic heterocycles. The largest absolute Gasteiger partial charge is 0.379 e. The standard InChI is InChI=1S/C21H26N4O/c1-16(2)19-15-25(9-8-24-10-12-26-13-11-24)20-5-4-17(14-18(19)20)21-22-6-3-7-23-21/h3-7,14-16H,8-13H2,1-2H3. The number of hydrogen-bond donors (Lipinski definition) is 0. The van der Waals surface area contributed by atoms with Crippen LogP contribution in [0.15, 0.2) is 42.9 Å². The van der Waals surface area contributed by atoms with Gasteiger partial charge in [-0.2, -0.15) is 0 Å². The van der Waals surface area contributed by atoms with Gasteiger partial charge >= 0.3 is 0 Å². The van der Waals surface area contributed by atoms with Crippen molar-refractivity contribution in [2.24, 2.45) is 0 Å². The highest BCUT2D eigenvalue weighted by molar-refractivity contribution is 5.88. The van der Waals surface area contributed by atoms with E-state index >= 15 is 0 Å². The molecule has 3 heterocycles. The van der Waals surface area contributed by atoms with Crippen molar-refractivity contribution in [2.75, 3.05) is 32.8 Å². The van der Waals surface area contributed by atoms with Gasteiger partial charge < -0.3 is 9.30 Å². The minimum atomic E-state index is 0.481. The maximum Gasteiger partial charge on any atom is 0.159 e. The predicted molar refractivity (Wildman–Crippen MR) is 104 cm³/mol. The summed E-state index contributed by atoms with van der Waals surface area (Å²) < 4.78 is 7.85. The van der Waals surface area contributed by atoms with E-state index < -0.39 is 0 Å². The van der Waals surface area contributed by atoms with Gasteiger partial charge in [-0.25, -0.2) is 9.97 Å². The van der Waals surface area contributed by atoms with E-state index in [1.165, 1.54) is 16.5 Å². The molecule has 1 fully saturated rings. The molecule has 1 aliphatic rings. The second-order valence-electron chi connectivity index (χ2n) is 7.19. The summed E-state index contributed by atoms with van der Waals surface area (Å²) in [5, 5.41) is 1.31. The van der Waals surface area contributed by atoms with E-state index in [2.05, 4.69) is 57.7 Å². The van der Waals surface area contributed by atoms with Crippen LogP contribution in [0, 0.1) is 0 Å². The summed E-state index contributed by atoms with van der Waals surface area (Å²) in [5.41, 5.74) is 3.76. The molecule has 0 unspecified atom stereocenters. The van der Waals surface area contributed by atoms with Gasteiger partial charge in [-0.05, 0) is 35.7 Å². The van der Waals surface area contributed by atoms with Crippen LogP contribution in [-0.4, -0.2) is 52.3 Å². The maximum absolute atomic E-state index is 5.45. The van der Waals surface area contributed by atoms with E-state index in [-0.39, 0.29) is 0 Å². The summed E-state index contributed by atoms with van der Waals surface area (Å²) in [6, 6.07) is 8.44. The van der Waals surface area contributed by atoms with Gasteiger partial charge in [0.15, 0.2) is 5.82 Å². The summed E-state index contributed by atoms with van der Waals surface area (Å²) >= 11 is 0. The highest BCUT2D eigenvalue weighted by atomic mass is 16.5. The van der Waals surface area contributed by atoms with Gasteiger partial charge in [-0.3, -0.25) is 4.90 Å². The molecule has 0 spiro atoms. The van der Waals surface area contributed by atoms with Gasteiger partial charge in [0.2, 0.25) is 0 Å². The number of fused-ring (bicyclic) bond motifs is 1. The summed E-state index contributed by atoms with van der Waals surface area (Å²) in [5.74, 6) is 1.26. The molecule has 4 rings (SSSR count). The molecule has 0 amide bonds. The molecule has 0 saturated carbocycles. The topological polar surface area (TPSA) is 43.2 Å². The van der Waals surface area contributed by atoms with E-state index in [0.717, 1.165) is 50.8 Å². The normalized spacial score (nSPS) is 15.8. The minimum absolute atomic E-state index is 0.481. The summed E-state index contributed by atoms with van der Waals surface area (Å²) in [6.07, 6.45) is 5.91. The molecular formula is C21H26N4O. The van der Waals surface area contributed by atoms with Crippen LogP contribution < -0.4 is 0 Å². The monoisotopic (exact) mass is 350 g/mol. The van der Waals surface area contributed by atoms with E-state index in [0.29, 0.717) is 5.92 Å². The highest BCUT2D eigenvalue weighted by Gasteiger charge is 2.15. The first-order valence-corrected chi connectivity index (χ1v) is 9.42. The van der Waals surface area contributed by atoms with Crippen LogP contribution in [0.4, 0.5) is 0 Å². The van der Waals surface area contributed by atoms with Crippen LogP contribution in [0.2, 0.25) is 0 Å². The van der Waals surface area contributed by atoms with Crippen molar-refractivity contribution in [3.63, 3.8) is 0 Å². The van der Waals surface area contributed by atoms with Crippen LogP contribution in [0.1, 0.15) is 25.3 Å². The first-order valence-electron chi connectivity index (χ1n) is 9.42. The molecule has 2 aromatic heterocycles. The average Bonchev–Trinajstić information content (AvgIpc) is 3.06. The SMILES string of the molecule is CC(C)c1cn(CCN2CCOCC2)c2ccc(-c3ncccn3)cc12. The number of nitrogens with zero attached hydrogens (tertiary/aromatic N) is 4. The van der Waals surface area contributed by atoms with Gasteiger partial charge in [-0.1, -0.05) is 13.8 Å². The summed E-state index contributed by atoms with van der Waals surface area (Å²) in [6.45, 7) is 10.4. The Morgan fingerprint density at radius 3 is 2.58 bits per heavy atom. The van der Waals surface area contributed by atoms with Crippen molar-refractivity contribution in [1.29, 1.82) is 0 Å². The lowest BCUT2D eigenvalue weighted by molar-refractivity contribution is 0.0365. The number of hydrogen-bond acceptors (Lipinski definition) is 4. The lowest BCUT2D eigenvalue weighted by Crippen LogP contribution is -2.38. The van der Waals surface area contributed by atoms with Crippen LogP contribution in [-0.2, 0) is 11.3 Å². The minimum Gasteiger partial charge on any atom is -0.379 e. The molecule has 5 heteroatoms. The van der Waals surface area contributed by atoms with E-state index in [1.54, 1.807) is 12.4 Å². The number of rotatable bonds is 5. The van der Waals surface area contributed by atoms with Gasteiger partial charge in [0.05, 0.1) is 13.2 Å². The number of morpholine rings is 1. The molecule has 1 aromatic carbocycles. The number of aromatic nitrogens is 3. The first-order chi connectivity index (χ1) is 12.7. The quantitative estimate of drug-likeness (QED) is 0.706. The zero-order valence-electron chi connectivity index (χ0n) is 15.6. The molecule has 0 aliphatic carbocycles. The Morgan fingerprint density at radius 1 is 1.08 bits per heavy atom. The lowest BCUT2D eigenvalue weighted by atomic mass is 10.0. The van der Waals surface area contributed by atoms with Crippen molar-refractivity contribution < 1.29 is 4.74 Å².